The fraction of sp³-hybridized carbons (Fsp3) is 0.448. The van der Waals surface area contributed by atoms with Gasteiger partial charge in [0.2, 0.25) is 0 Å². The van der Waals surface area contributed by atoms with Gasteiger partial charge in [0.25, 0.3) is 0 Å². The zero-order valence-corrected chi connectivity index (χ0v) is 20.2. The van der Waals surface area contributed by atoms with E-state index in [1.807, 2.05) is 24.3 Å². The number of Topliss-reactive ketones (excluding diaryl/α,β-unsaturated/α-hetero) is 1. The van der Waals surface area contributed by atoms with Crippen LogP contribution in [0.25, 0.3) is 11.1 Å². The number of benzene rings is 2. The van der Waals surface area contributed by atoms with Crippen molar-refractivity contribution in [2.24, 2.45) is 5.92 Å². The molecule has 6 nitrogen and oxygen atoms in total. The molecular weight excluding hydrogens is 442 g/mol. The number of aliphatic carboxylic acids is 1. The summed E-state index contributed by atoms with van der Waals surface area (Å²) in [4.78, 5) is 26.0. The van der Waals surface area contributed by atoms with Crippen LogP contribution in [0.4, 0.5) is 0 Å². The average molecular weight is 478 g/mol. The van der Waals surface area contributed by atoms with E-state index in [9.17, 15) is 9.59 Å². The number of morpholine rings is 1. The molecule has 3 unspecified atom stereocenters. The molecule has 1 heterocycles. The van der Waals surface area contributed by atoms with Crippen LogP contribution in [-0.2, 0) is 25.7 Å². The fourth-order valence-corrected chi connectivity index (χ4v) is 5.08. The Hall–Kier alpha value is -2.80. The van der Waals surface area contributed by atoms with Gasteiger partial charge in [-0.15, -0.1) is 0 Å². The van der Waals surface area contributed by atoms with Gasteiger partial charge in [-0.25, -0.2) is 0 Å². The molecule has 2 aromatic carbocycles. The Bertz CT molecular complexity index is 982. The van der Waals surface area contributed by atoms with Gasteiger partial charge in [0.1, 0.15) is 0 Å². The van der Waals surface area contributed by atoms with E-state index in [1.54, 1.807) is 0 Å². The third-order valence-electron chi connectivity index (χ3n) is 6.92. The molecule has 1 saturated heterocycles. The van der Waals surface area contributed by atoms with Crippen molar-refractivity contribution in [3.05, 3.63) is 72.3 Å². The highest BCUT2D eigenvalue weighted by molar-refractivity contribution is 5.87. The van der Waals surface area contributed by atoms with Gasteiger partial charge in [-0.2, -0.15) is 0 Å². The molecule has 1 aliphatic carbocycles. The van der Waals surface area contributed by atoms with E-state index >= 15 is 0 Å². The number of hydrogen-bond donors (Lipinski definition) is 1. The summed E-state index contributed by atoms with van der Waals surface area (Å²) in [5.41, 5.74) is 3.45. The summed E-state index contributed by atoms with van der Waals surface area (Å²) in [6.07, 6.45) is 6.73. The van der Waals surface area contributed by atoms with E-state index in [1.165, 1.54) is 11.1 Å². The van der Waals surface area contributed by atoms with Crippen LogP contribution >= 0.6 is 0 Å². The van der Waals surface area contributed by atoms with Gasteiger partial charge in [-0.3, -0.25) is 14.5 Å². The van der Waals surface area contributed by atoms with Crippen LogP contribution in [0.3, 0.4) is 0 Å². The van der Waals surface area contributed by atoms with E-state index in [0.717, 1.165) is 31.5 Å². The lowest BCUT2D eigenvalue weighted by molar-refractivity contribution is -0.137. The quantitative estimate of drug-likeness (QED) is 0.373. The Kier molecular flexibility index (Phi) is 9.23. The molecule has 186 valence electrons. The van der Waals surface area contributed by atoms with Crippen molar-refractivity contribution in [3.63, 3.8) is 0 Å². The highest BCUT2D eigenvalue weighted by Gasteiger charge is 2.45. The molecule has 2 fully saturated rings. The minimum atomic E-state index is -0.766. The third kappa shape index (κ3) is 7.10. The lowest BCUT2D eigenvalue weighted by Crippen LogP contribution is -2.49. The van der Waals surface area contributed by atoms with Gasteiger partial charge in [-0.1, -0.05) is 66.7 Å². The lowest BCUT2D eigenvalue weighted by atomic mass is 9.95. The molecule has 0 amide bonds. The maximum atomic E-state index is 13.1. The number of unbranched alkanes of at least 4 members (excludes halogenated alkanes) is 1. The SMILES string of the molecule is O=C(O)CCC/C=C\CC1C(OCc2ccc(-c3ccccc3)cc2)CC(=O)C1N1CCOCC1. The van der Waals surface area contributed by atoms with E-state index in [0.29, 0.717) is 32.7 Å². The fourth-order valence-electron chi connectivity index (χ4n) is 5.08. The van der Waals surface area contributed by atoms with Crippen molar-refractivity contribution in [2.45, 2.75) is 50.9 Å². The lowest BCUT2D eigenvalue weighted by Gasteiger charge is -2.35. The molecule has 2 aliphatic rings. The van der Waals surface area contributed by atoms with Crippen molar-refractivity contribution in [3.8, 4) is 11.1 Å². The van der Waals surface area contributed by atoms with Gasteiger partial charge in [0.15, 0.2) is 5.78 Å². The molecule has 1 N–H and O–H groups in total. The molecular formula is C29H35NO5. The number of carbonyl (C=O) groups is 2. The van der Waals surface area contributed by atoms with E-state index in [4.69, 9.17) is 14.6 Å². The maximum Gasteiger partial charge on any atom is 0.303 e. The van der Waals surface area contributed by atoms with Gasteiger partial charge in [-0.05, 0) is 36.0 Å². The molecule has 0 aromatic heterocycles. The second kappa shape index (κ2) is 12.8. The van der Waals surface area contributed by atoms with Gasteiger partial charge < -0.3 is 14.6 Å². The van der Waals surface area contributed by atoms with Crippen LogP contribution < -0.4 is 0 Å². The predicted molar refractivity (Wildman–Crippen MR) is 135 cm³/mol. The number of carboxylic acids is 1. The van der Waals surface area contributed by atoms with Crippen molar-refractivity contribution in [1.29, 1.82) is 0 Å². The number of ether oxygens (including phenoxy) is 2. The number of carbonyl (C=O) groups excluding carboxylic acids is 1. The smallest absolute Gasteiger partial charge is 0.303 e. The van der Waals surface area contributed by atoms with E-state index < -0.39 is 5.97 Å². The first kappa shape index (κ1) is 25.3. The standard InChI is InChI=1S/C29H35NO5/c31-26-20-27(35-21-22-12-14-24(15-13-22)23-8-4-3-5-9-23)25(10-6-1-2-7-11-28(32)33)29(26)30-16-18-34-19-17-30/h1,3-6,8-9,12-15,25,27,29H,2,7,10-11,16-21H2,(H,32,33)/b6-1-. The molecule has 4 rings (SSSR count). The molecule has 0 spiro atoms. The van der Waals surface area contributed by atoms with Crippen LogP contribution in [0.2, 0.25) is 0 Å². The number of allylic oxidation sites excluding steroid dienone is 2. The number of carboxylic acid groups (broad SMARTS) is 1. The summed E-state index contributed by atoms with van der Waals surface area (Å²) >= 11 is 0. The average Bonchev–Trinajstić information content (AvgIpc) is 3.20. The monoisotopic (exact) mass is 477 g/mol. The molecule has 3 atom stereocenters. The van der Waals surface area contributed by atoms with E-state index in [-0.39, 0.29) is 30.3 Å². The minimum absolute atomic E-state index is 0.0833. The van der Waals surface area contributed by atoms with Crippen molar-refractivity contribution >= 4 is 11.8 Å². The molecule has 1 saturated carbocycles. The largest absolute Gasteiger partial charge is 0.481 e. The first-order valence-corrected chi connectivity index (χ1v) is 12.6. The Balaban J connectivity index is 1.38. The summed E-state index contributed by atoms with van der Waals surface area (Å²) in [5, 5.41) is 8.82. The van der Waals surface area contributed by atoms with Crippen molar-refractivity contribution < 1.29 is 24.2 Å². The van der Waals surface area contributed by atoms with Gasteiger partial charge in [0.05, 0.1) is 32.0 Å². The zero-order valence-electron chi connectivity index (χ0n) is 20.2. The summed E-state index contributed by atoms with van der Waals surface area (Å²) in [6.45, 7) is 3.31. The molecule has 0 radical (unpaired) electrons. The third-order valence-corrected chi connectivity index (χ3v) is 6.92. The summed E-state index contributed by atoms with van der Waals surface area (Å²) in [7, 11) is 0. The maximum absolute atomic E-state index is 13.1. The first-order chi connectivity index (χ1) is 17.1. The van der Waals surface area contributed by atoms with Crippen LogP contribution in [0.1, 0.15) is 37.7 Å². The molecule has 6 heteroatoms. The second-order valence-electron chi connectivity index (χ2n) is 9.33. The Morgan fingerprint density at radius 2 is 1.74 bits per heavy atom. The summed E-state index contributed by atoms with van der Waals surface area (Å²) in [6, 6.07) is 18.6. The van der Waals surface area contributed by atoms with Crippen LogP contribution in [0, 0.1) is 5.92 Å². The van der Waals surface area contributed by atoms with Gasteiger partial charge in [0, 0.05) is 31.8 Å². The van der Waals surface area contributed by atoms with Crippen LogP contribution in [-0.4, -0.2) is 60.2 Å². The van der Waals surface area contributed by atoms with Gasteiger partial charge >= 0.3 is 5.97 Å². The molecule has 1 aliphatic heterocycles. The molecule has 0 bridgehead atoms. The predicted octanol–water partition coefficient (Wildman–Crippen LogP) is 4.73. The number of hydrogen-bond acceptors (Lipinski definition) is 5. The van der Waals surface area contributed by atoms with Crippen LogP contribution in [0.5, 0.6) is 0 Å². The number of nitrogens with zero attached hydrogens (tertiary/aromatic N) is 1. The molecule has 35 heavy (non-hydrogen) atoms. The molecule has 2 aromatic rings. The Morgan fingerprint density at radius 1 is 1.03 bits per heavy atom. The highest BCUT2D eigenvalue weighted by atomic mass is 16.5. The van der Waals surface area contributed by atoms with Crippen molar-refractivity contribution in [2.75, 3.05) is 26.3 Å². The Labute approximate surface area is 207 Å². The second-order valence-corrected chi connectivity index (χ2v) is 9.33. The number of ketones is 1. The Morgan fingerprint density at radius 3 is 2.46 bits per heavy atom. The zero-order chi connectivity index (χ0) is 24.5. The van der Waals surface area contributed by atoms with Crippen LogP contribution in [0.15, 0.2) is 66.7 Å². The van der Waals surface area contributed by atoms with E-state index in [2.05, 4.69) is 47.4 Å². The number of rotatable bonds is 11. The summed E-state index contributed by atoms with van der Waals surface area (Å²) < 4.78 is 11.9. The normalized spacial score (nSPS) is 23.2. The van der Waals surface area contributed by atoms with Crippen molar-refractivity contribution in [1.82, 2.24) is 4.90 Å². The summed E-state index contributed by atoms with van der Waals surface area (Å²) in [5.74, 6) is -0.432. The highest BCUT2D eigenvalue weighted by Crippen LogP contribution is 2.34. The minimum Gasteiger partial charge on any atom is -0.481 e. The topological polar surface area (TPSA) is 76.1 Å². The first-order valence-electron chi connectivity index (χ1n) is 12.6.